The summed E-state index contributed by atoms with van der Waals surface area (Å²) in [5, 5.41) is 2.83. The van der Waals surface area contributed by atoms with Crippen molar-refractivity contribution in [3.63, 3.8) is 0 Å². The van der Waals surface area contributed by atoms with Gasteiger partial charge in [0.15, 0.2) is 0 Å². The molecule has 2 aromatic rings. The van der Waals surface area contributed by atoms with Crippen LogP contribution in [0.3, 0.4) is 0 Å². The highest BCUT2D eigenvalue weighted by molar-refractivity contribution is 5.99. The lowest BCUT2D eigenvalue weighted by Gasteiger charge is -2.36. The molecule has 0 aromatic heterocycles. The van der Waals surface area contributed by atoms with Gasteiger partial charge >= 0.3 is 6.03 Å². The maximum absolute atomic E-state index is 13.5. The Labute approximate surface area is 171 Å². The Kier molecular flexibility index (Phi) is 5.43. The number of nitrogens with zero attached hydrogens (tertiary/aromatic N) is 2. The molecule has 2 aromatic carbocycles. The second-order valence-electron chi connectivity index (χ2n) is 7.67. The molecular formula is C23H27N3O3. The highest BCUT2D eigenvalue weighted by Gasteiger charge is 2.30. The number of piperidine rings is 1. The number of methoxy groups -OCH3 is 1. The first-order valence-electron chi connectivity index (χ1n) is 10.2. The lowest BCUT2D eigenvalue weighted by molar-refractivity contribution is 0.0611. The highest BCUT2D eigenvalue weighted by Crippen LogP contribution is 2.34. The number of likely N-dealkylation sites (tertiary alicyclic amines) is 1. The van der Waals surface area contributed by atoms with Crippen molar-refractivity contribution in [1.82, 2.24) is 10.2 Å². The lowest BCUT2D eigenvalue weighted by atomic mass is 9.94. The molecule has 6 nitrogen and oxygen atoms in total. The predicted molar refractivity (Wildman–Crippen MR) is 113 cm³/mol. The van der Waals surface area contributed by atoms with Crippen LogP contribution in [0.5, 0.6) is 5.75 Å². The van der Waals surface area contributed by atoms with Crippen molar-refractivity contribution in [1.29, 1.82) is 0 Å². The number of amides is 3. The molecule has 0 saturated carbocycles. The van der Waals surface area contributed by atoms with Crippen molar-refractivity contribution >= 4 is 17.6 Å². The summed E-state index contributed by atoms with van der Waals surface area (Å²) in [6.07, 6.45) is 3.03. The topological polar surface area (TPSA) is 61.9 Å². The Bertz CT molecular complexity index is 927. The summed E-state index contributed by atoms with van der Waals surface area (Å²) in [7, 11) is 1.66. The number of carbonyl (C=O) groups is 2. The third kappa shape index (κ3) is 3.79. The molecule has 2 aliphatic rings. The number of nitrogens with one attached hydrogen (secondary N) is 1. The molecular weight excluding hydrogens is 366 g/mol. The van der Waals surface area contributed by atoms with E-state index in [-0.39, 0.29) is 18.0 Å². The quantitative estimate of drug-likeness (QED) is 0.857. The fourth-order valence-electron chi connectivity index (χ4n) is 4.27. The van der Waals surface area contributed by atoms with Crippen molar-refractivity contribution < 1.29 is 14.3 Å². The van der Waals surface area contributed by atoms with Crippen LogP contribution in [0.25, 0.3) is 0 Å². The van der Waals surface area contributed by atoms with Crippen LogP contribution in [-0.2, 0) is 0 Å². The second kappa shape index (κ2) is 8.15. The third-order valence-electron chi connectivity index (χ3n) is 5.85. The Morgan fingerprint density at radius 1 is 1.14 bits per heavy atom. The Hall–Kier alpha value is -3.02. The van der Waals surface area contributed by atoms with Gasteiger partial charge in [-0.3, -0.25) is 9.69 Å². The van der Waals surface area contributed by atoms with E-state index in [0.29, 0.717) is 18.7 Å². The van der Waals surface area contributed by atoms with E-state index in [4.69, 9.17) is 4.74 Å². The number of hydrogen-bond donors (Lipinski definition) is 1. The number of aryl methyl sites for hydroxylation is 1. The van der Waals surface area contributed by atoms with Crippen LogP contribution in [0.2, 0.25) is 0 Å². The average molecular weight is 393 g/mol. The summed E-state index contributed by atoms with van der Waals surface area (Å²) in [5.41, 5.74) is 3.52. The average Bonchev–Trinajstić information content (AvgIpc) is 3.19. The van der Waals surface area contributed by atoms with Crippen molar-refractivity contribution in [3.05, 3.63) is 59.2 Å². The minimum absolute atomic E-state index is 0.0124. The van der Waals surface area contributed by atoms with Crippen molar-refractivity contribution in [2.24, 2.45) is 0 Å². The van der Waals surface area contributed by atoms with Crippen LogP contribution in [0.1, 0.15) is 46.8 Å². The Balaban J connectivity index is 1.64. The predicted octanol–water partition coefficient (Wildman–Crippen LogP) is 3.90. The zero-order chi connectivity index (χ0) is 20.4. The molecule has 1 atom stereocenters. The summed E-state index contributed by atoms with van der Waals surface area (Å²) in [4.78, 5) is 29.3. The standard InChI is InChI=1S/C23H27N3O3/c1-16-9-10-18(15-21(16)26-13-11-24-23(26)28)22(27)25-12-4-3-8-20(25)17-6-5-7-19(14-17)29-2/h5-7,9-10,14-15,20H,3-4,8,11-13H2,1-2H3,(H,24,28)/t20-/m0/s1. The van der Waals surface area contributed by atoms with Gasteiger partial charge in [0.2, 0.25) is 0 Å². The lowest BCUT2D eigenvalue weighted by Crippen LogP contribution is -2.38. The first-order valence-corrected chi connectivity index (χ1v) is 10.2. The van der Waals surface area contributed by atoms with E-state index in [2.05, 4.69) is 11.4 Å². The number of carbonyl (C=O) groups excluding carboxylic acids is 2. The van der Waals surface area contributed by atoms with Crippen molar-refractivity contribution in [2.75, 3.05) is 31.6 Å². The minimum Gasteiger partial charge on any atom is -0.497 e. The number of rotatable bonds is 4. The molecule has 6 heteroatoms. The summed E-state index contributed by atoms with van der Waals surface area (Å²) >= 11 is 0. The SMILES string of the molecule is COc1cccc([C@@H]2CCCCN2C(=O)c2ccc(C)c(N3CCNC3=O)c2)c1. The first kappa shape index (κ1) is 19.3. The van der Waals surface area contributed by atoms with Crippen molar-refractivity contribution in [2.45, 2.75) is 32.2 Å². The van der Waals surface area contributed by atoms with Gasteiger partial charge in [0.05, 0.1) is 13.2 Å². The van der Waals surface area contributed by atoms with Crippen LogP contribution < -0.4 is 15.0 Å². The maximum atomic E-state index is 13.5. The van der Waals surface area contributed by atoms with Gasteiger partial charge in [-0.05, 0) is 61.6 Å². The van der Waals surface area contributed by atoms with Gasteiger partial charge in [-0.25, -0.2) is 4.79 Å². The second-order valence-corrected chi connectivity index (χ2v) is 7.67. The molecule has 29 heavy (non-hydrogen) atoms. The molecule has 0 aliphatic carbocycles. The maximum Gasteiger partial charge on any atom is 0.322 e. The van der Waals surface area contributed by atoms with E-state index >= 15 is 0 Å². The molecule has 2 aliphatic heterocycles. The van der Waals surface area contributed by atoms with Gasteiger partial charge in [-0.1, -0.05) is 18.2 Å². The summed E-state index contributed by atoms with van der Waals surface area (Å²) in [6.45, 7) is 3.94. The van der Waals surface area contributed by atoms with Gasteiger partial charge < -0.3 is 15.0 Å². The molecule has 0 unspecified atom stereocenters. The number of urea groups is 1. The first-order chi connectivity index (χ1) is 14.1. The van der Waals surface area contributed by atoms with E-state index in [9.17, 15) is 9.59 Å². The van der Waals surface area contributed by atoms with Gasteiger partial charge in [0.1, 0.15) is 5.75 Å². The molecule has 0 bridgehead atoms. The molecule has 2 heterocycles. The van der Waals surface area contributed by atoms with Crippen molar-refractivity contribution in [3.8, 4) is 5.75 Å². The zero-order valence-corrected chi connectivity index (χ0v) is 17.0. The Morgan fingerprint density at radius 3 is 2.76 bits per heavy atom. The Morgan fingerprint density at radius 2 is 2.00 bits per heavy atom. The summed E-state index contributed by atoms with van der Waals surface area (Å²) in [5.74, 6) is 0.816. The van der Waals surface area contributed by atoms with Gasteiger partial charge in [-0.2, -0.15) is 0 Å². The minimum atomic E-state index is -0.107. The van der Waals surface area contributed by atoms with E-state index in [1.54, 1.807) is 12.0 Å². The van der Waals surface area contributed by atoms with Crippen LogP contribution in [0.15, 0.2) is 42.5 Å². The number of benzene rings is 2. The summed E-state index contributed by atoms with van der Waals surface area (Å²) < 4.78 is 5.38. The normalized spacial score (nSPS) is 19.2. The van der Waals surface area contributed by atoms with Crippen LogP contribution in [-0.4, -0.2) is 43.6 Å². The number of ether oxygens (including phenoxy) is 1. The molecule has 2 fully saturated rings. The number of hydrogen-bond acceptors (Lipinski definition) is 3. The van der Waals surface area contributed by atoms with Gasteiger partial charge in [0.25, 0.3) is 5.91 Å². The molecule has 0 spiro atoms. The molecule has 3 amide bonds. The van der Waals surface area contributed by atoms with Gasteiger partial charge in [-0.15, -0.1) is 0 Å². The smallest absolute Gasteiger partial charge is 0.322 e. The molecule has 152 valence electrons. The van der Waals surface area contributed by atoms with E-state index in [1.165, 1.54) is 0 Å². The summed E-state index contributed by atoms with van der Waals surface area (Å²) in [6, 6.07) is 13.6. The van der Waals surface area contributed by atoms with E-state index < -0.39 is 0 Å². The van der Waals surface area contributed by atoms with E-state index in [1.807, 2.05) is 48.2 Å². The zero-order valence-electron chi connectivity index (χ0n) is 17.0. The van der Waals surface area contributed by atoms with E-state index in [0.717, 1.165) is 48.4 Å². The highest BCUT2D eigenvalue weighted by atomic mass is 16.5. The monoisotopic (exact) mass is 393 g/mol. The van der Waals surface area contributed by atoms with Crippen LogP contribution in [0.4, 0.5) is 10.5 Å². The fourth-order valence-corrected chi connectivity index (χ4v) is 4.27. The third-order valence-corrected chi connectivity index (χ3v) is 5.85. The van der Waals surface area contributed by atoms with Crippen LogP contribution >= 0.6 is 0 Å². The molecule has 0 radical (unpaired) electrons. The van der Waals surface area contributed by atoms with Crippen LogP contribution in [0, 0.1) is 6.92 Å². The van der Waals surface area contributed by atoms with Gasteiger partial charge in [0, 0.05) is 30.9 Å². The fraction of sp³-hybridized carbons (Fsp3) is 0.391. The largest absolute Gasteiger partial charge is 0.497 e. The molecule has 4 rings (SSSR count). The molecule has 2 saturated heterocycles. The number of anilines is 1. The molecule has 1 N–H and O–H groups in total.